The summed E-state index contributed by atoms with van der Waals surface area (Å²) >= 11 is 0. The van der Waals surface area contributed by atoms with Gasteiger partial charge >= 0.3 is 0 Å². The zero-order valence-electron chi connectivity index (χ0n) is 21.9. The Morgan fingerprint density at radius 2 is 1.79 bits per heavy atom. The highest BCUT2D eigenvalue weighted by Gasteiger charge is 2.68. The number of alkyl halides is 1. The number of anilines is 2. The van der Waals surface area contributed by atoms with Crippen LogP contribution in [-0.2, 0) is 0 Å². The molecule has 8 rings (SSSR count). The fraction of sp³-hybridized carbons (Fsp3) is 0.630. The number of nitrogens with zero attached hydrogens (tertiary/aromatic N) is 9. The van der Waals surface area contributed by atoms with Gasteiger partial charge in [-0.15, -0.1) is 10.2 Å². The second-order valence-corrected chi connectivity index (χ2v) is 11.9. The van der Waals surface area contributed by atoms with Crippen LogP contribution in [0.15, 0.2) is 30.7 Å². The minimum atomic E-state index is -0.824. The van der Waals surface area contributed by atoms with Crippen LogP contribution in [0.3, 0.4) is 0 Å². The van der Waals surface area contributed by atoms with Crippen molar-refractivity contribution >= 4 is 11.6 Å². The Morgan fingerprint density at radius 1 is 0.974 bits per heavy atom. The summed E-state index contributed by atoms with van der Waals surface area (Å²) in [6, 6.07) is 4.38. The predicted octanol–water partition coefficient (Wildman–Crippen LogP) is 3.19. The second-order valence-electron chi connectivity index (χ2n) is 11.9. The Balaban J connectivity index is 0.980. The monoisotopic (exact) mass is 518 g/mol. The van der Waals surface area contributed by atoms with Crippen LogP contribution in [0.5, 0.6) is 0 Å². The quantitative estimate of drug-likeness (QED) is 0.482. The van der Waals surface area contributed by atoms with Gasteiger partial charge in [-0.2, -0.15) is 5.10 Å². The third-order valence-corrected chi connectivity index (χ3v) is 8.91. The molecular weight excluding hydrogens is 483 g/mol. The molecule has 2 saturated heterocycles. The van der Waals surface area contributed by atoms with Crippen molar-refractivity contribution in [2.75, 3.05) is 42.5 Å². The molecule has 0 radical (unpaired) electrons. The van der Waals surface area contributed by atoms with Crippen molar-refractivity contribution in [3.63, 3.8) is 0 Å². The number of piperidine rings is 1. The SMILES string of the molecule is CC(c1ccc(N2CCC[C@@H](NCC34CC(F)(C3)C4)C2)nn1)n1cc(-c2cncc(N3CCCC3)n2)nn1. The Morgan fingerprint density at radius 3 is 2.55 bits per heavy atom. The molecule has 5 fully saturated rings. The van der Waals surface area contributed by atoms with Gasteiger partial charge in [0, 0.05) is 38.8 Å². The summed E-state index contributed by atoms with van der Waals surface area (Å²) in [6.07, 6.45) is 12.3. The number of hydrogen-bond donors (Lipinski definition) is 1. The van der Waals surface area contributed by atoms with E-state index in [9.17, 15) is 4.39 Å². The van der Waals surface area contributed by atoms with Gasteiger partial charge in [-0.3, -0.25) is 4.98 Å². The van der Waals surface area contributed by atoms with Crippen molar-refractivity contribution in [2.24, 2.45) is 5.41 Å². The van der Waals surface area contributed by atoms with E-state index < -0.39 is 5.67 Å². The van der Waals surface area contributed by atoms with Crippen LogP contribution in [0.2, 0.25) is 0 Å². The van der Waals surface area contributed by atoms with Crippen LogP contribution < -0.4 is 15.1 Å². The topological polar surface area (TPSA) is 101 Å². The summed E-state index contributed by atoms with van der Waals surface area (Å²) in [5.41, 5.74) is 1.66. The Hall–Kier alpha value is -3.21. The van der Waals surface area contributed by atoms with E-state index in [-0.39, 0.29) is 11.5 Å². The standard InChI is InChI=1S/C27H35FN10/c1-19(38-14-23(33-35-38)22-11-29-12-25(31-22)36-8-2-3-9-36)21-6-7-24(34-32-21)37-10-4-5-20(13-37)30-18-26-15-27(28,16-26)17-26/h6-7,11-12,14,19-20,30H,2-5,8-10,13,15-18H2,1H3/t19?,20-,26?,27?/m1/s1. The molecule has 2 aliphatic heterocycles. The highest BCUT2D eigenvalue weighted by Crippen LogP contribution is 2.69. The number of aromatic nitrogens is 7. The molecule has 0 aromatic carbocycles. The Kier molecular flexibility index (Phi) is 5.79. The van der Waals surface area contributed by atoms with E-state index in [2.05, 4.69) is 46.7 Å². The molecule has 0 spiro atoms. The number of halogens is 1. The summed E-state index contributed by atoms with van der Waals surface area (Å²) in [4.78, 5) is 13.7. The van der Waals surface area contributed by atoms with E-state index in [4.69, 9.17) is 4.98 Å². The molecule has 3 saturated carbocycles. The maximum Gasteiger partial charge on any atom is 0.151 e. The molecule has 5 heterocycles. The lowest BCUT2D eigenvalue weighted by atomic mass is 9.42. The molecule has 1 unspecified atom stereocenters. The third kappa shape index (κ3) is 4.40. The molecule has 3 aliphatic carbocycles. The number of nitrogens with one attached hydrogen (secondary N) is 1. The van der Waals surface area contributed by atoms with E-state index in [1.807, 2.05) is 25.4 Å². The van der Waals surface area contributed by atoms with Gasteiger partial charge in [0.2, 0.25) is 0 Å². The van der Waals surface area contributed by atoms with Crippen LogP contribution in [0.4, 0.5) is 16.0 Å². The lowest BCUT2D eigenvalue weighted by Gasteiger charge is -2.66. The third-order valence-electron chi connectivity index (χ3n) is 8.91. The minimum absolute atomic E-state index is 0.116. The van der Waals surface area contributed by atoms with Crippen LogP contribution >= 0.6 is 0 Å². The van der Waals surface area contributed by atoms with Gasteiger partial charge in [0.15, 0.2) is 5.82 Å². The van der Waals surface area contributed by atoms with Gasteiger partial charge in [-0.25, -0.2) is 14.1 Å². The molecule has 3 aromatic rings. The first-order valence-corrected chi connectivity index (χ1v) is 14.0. The number of rotatable bonds is 8. The smallest absolute Gasteiger partial charge is 0.151 e. The average molecular weight is 519 g/mol. The van der Waals surface area contributed by atoms with Crippen LogP contribution in [0, 0.1) is 5.41 Å². The predicted molar refractivity (Wildman–Crippen MR) is 142 cm³/mol. The minimum Gasteiger partial charge on any atom is -0.355 e. The van der Waals surface area contributed by atoms with Gasteiger partial charge in [-0.05, 0) is 69.4 Å². The van der Waals surface area contributed by atoms with Gasteiger partial charge in [-0.1, -0.05) is 5.21 Å². The molecule has 0 amide bonds. The van der Waals surface area contributed by atoms with Gasteiger partial charge < -0.3 is 15.1 Å². The first kappa shape index (κ1) is 23.9. The van der Waals surface area contributed by atoms with E-state index in [1.54, 1.807) is 10.9 Å². The van der Waals surface area contributed by atoms with Gasteiger partial charge in [0.25, 0.3) is 0 Å². The van der Waals surface area contributed by atoms with Gasteiger partial charge in [0.1, 0.15) is 22.9 Å². The Labute approximate surface area is 222 Å². The van der Waals surface area contributed by atoms with E-state index in [0.717, 1.165) is 87.9 Å². The first-order valence-electron chi connectivity index (χ1n) is 14.0. The molecule has 200 valence electrons. The van der Waals surface area contributed by atoms with E-state index >= 15 is 0 Å². The maximum absolute atomic E-state index is 13.8. The van der Waals surface area contributed by atoms with Crippen molar-refractivity contribution in [2.45, 2.75) is 69.6 Å². The highest BCUT2D eigenvalue weighted by molar-refractivity contribution is 5.54. The number of hydrogen-bond acceptors (Lipinski definition) is 9. The van der Waals surface area contributed by atoms with Crippen molar-refractivity contribution < 1.29 is 4.39 Å². The van der Waals surface area contributed by atoms with E-state index in [0.29, 0.717) is 11.7 Å². The van der Waals surface area contributed by atoms with Crippen molar-refractivity contribution in [3.05, 3.63) is 36.4 Å². The summed E-state index contributed by atoms with van der Waals surface area (Å²) in [5, 5.41) is 21.5. The molecule has 1 N–H and O–H groups in total. The van der Waals surface area contributed by atoms with Crippen LogP contribution in [0.1, 0.15) is 63.6 Å². The molecule has 10 nitrogen and oxygen atoms in total. The highest BCUT2D eigenvalue weighted by atomic mass is 19.1. The van der Waals surface area contributed by atoms with Crippen LogP contribution in [0.25, 0.3) is 11.4 Å². The molecule has 2 bridgehead atoms. The van der Waals surface area contributed by atoms with E-state index in [1.165, 1.54) is 12.8 Å². The summed E-state index contributed by atoms with van der Waals surface area (Å²) in [6.45, 7) is 6.91. The molecule has 38 heavy (non-hydrogen) atoms. The zero-order chi connectivity index (χ0) is 25.7. The zero-order valence-corrected chi connectivity index (χ0v) is 21.9. The molecule has 2 atom stereocenters. The normalized spacial score (nSPS) is 29.2. The largest absolute Gasteiger partial charge is 0.355 e. The first-order chi connectivity index (χ1) is 18.5. The lowest BCUT2D eigenvalue weighted by Crippen LogP contribution is -2.68. The lowest BCUT2D eigenvalue weighted by molar-refractivity contribution is -0.210. The fourth-order valence-electron chi connectivity index (χ4n) is 6.78. The van der Waals surface area contributed by atoms with Crippen molar-refractivity contribution in [3.8, 4) is 11.4 Å². The molecule has 3 aromatic heterocycles. The summed E-state index contributed by atoms with van der Waals surface area (Å²) < 4.78 is 15.6. The summed E-state index contributed by atoms with van der Waals surface area (Å²) in [5.74, 6) is 1.79. The maximum atomic E-state index is 13.8. The van der Waals surface area contributed by atoms with Crippen molar-refractivity contribution in [1.29, 1.82) is 0 Å². The van der Waals surface area contributed by atoms with Crippen molar-refractivity contribution in [1.82, 2.24) is 40.5 Å². The second kappa shape index (κ2) is 9.21. The average Bonchev–Trinajstić information content (AvgIpc) is 3.63. The molecule has 5 aliphatic rings. The summed E-state index contributed by atoms with van der Waals surface area (Å²) in [7, 11) is 0. The molecule has 11 heteroatoms. The van der Waals surface area contributed by atoms with Crippen LogP contribution in [-0.4, -0.2) is 79.6 Å². The Bertz CT molecular complexity index is 1270. The molecular formula is C27H35FN10. The van der Waals surface area contributed by atoms with Gasteiger partial charge in [0.05, 0.1) is 30.3 Å². The fourth-order valence-corrected chi connectivity index (χ4v) is 6.78.